The van der Waals surface area contributed by atoms with E-state index in [1.807, 2.05) is 0 Å². The lowest BCUT2D eigenvalue weighted by molar-refractivity contribution is -0.0498. The molecule has 0 bridgehead atoms. The molecule has 21 heavy (non-hydrogen) atoms. The van der Waals surface area contributed by atoms with Crippen LogP contribution in [0.2, 0.25) is 0 Å². The first-order valence-electron chi connectivity index (χ1n) is 5.97. The summed E-state index contributed by atoms with van der Waals surface area (Å²) in [5.74, 6) is 3.78. The molecule has 0 fully saturated rings. The Kier molecular flexibility index (Phi) is 4.77. The van der Waals surface area contributed by atoms with E-state index >= 15 is 0 Å². The zero-order valence-electron chi connectivity index (χ0n) is 10.7. The third-order valence-electron chi connectivity index (χ3n) is 2.89. The lowest BCUT2D eigenvalue weighted by Crippen LogP contribution is -2.30. The largest absolute Gasteiger partial charge is 0.435 e. The average molecular weight is 300 g/mol. The molecule has 0 amide bonds. The number of hydrogen-bond acceptors (Lipinski definition) is 3. The number of nitrogens with two attached hydrogens (primary N) is 1. The van der Waals surface area contributed by atoms with E-state index in [9.17, 15) is 17.6 Å². The predicted molar refractivity (Wildman–Crippen MR) is 68.6 cm³/mol. The van der Waals surface area contributed by atoms with E-state index in [1.54, 1.807) is 0 Å². The van der Waals surface area contributed by atoms with Crippen molar-refractivity contribution in [2.24, 2.45) is 5.84 Å². The maximum Gasteiger partial charge on any atom is 0.387 e. The number of halogens is 4. The fourth-order valence-electron chi connectivity index (χ4n) is 1.97. The van der Waals surface area contributed by atoms with Gasteiger partial charge in [-0.15, -0.1) is 0 Å². The maximum atomic E-state index is 13.8. The van der Waals surface area contributed by atoms with Gasteiger partial charge in [0.05, 0.1) is 6.04 Å². The number of alkyl halides is 2. The second-order valence-corrected chi connectivity index (χ2v) is 4.18. The number of benzene rings is 2. The topological polar surface area (TPSA) is 47.3 Å². The molecular weight excluding hydrogens is 288 g/mol. The molecule has 0 radical (unpaired) electrons. The molecule has 2 aromatic rings. The van der Waals surface area contributed by atoms with E-state index in [-0.39, 0.29) is 11.3 Å². The number of hydrogen-bond donors (Lipinski definition) is 2. The summed E-state index contributed by atoms with van der Waals surface area (Å²) in [5, 5.41) is 0. The number of rotatable bonds is 5. The summed E-state index contributed by atoms with van der Waals surface area (Å²) in [6.45, 7) is -2.94. The fourth-order valence-corrected chi connectivity index (χ4v) is 1.97. The van der Waals surface area contributed by atoms with Crippen LogP contribution in [-0.2, 0) is 0 Å². The van der Waals surface area contributed by atoms with Gasteiger partial charge in [-0.3, -0.25) is 5.84 Å². The second kappa shape index (κ2) is 6.55. The predicted octanol–water partition coefficient (Wildman–Crippen LogP) is 3.12. The van der Waals surface area contributed by atoms with Gasteiger partial charge >= 0.3 is 6.61 Å². The van der Waals surface area contributed by atoms with Gasteiger partial charge in [0.15, 0.2) is 0 Å². The van der Waals surface area contributed by atoms with Crippen LogP contribution in [0.3, 0.4) is 0 Å². The first-order chi connectivity index (χ1) is 10.0. The summed E-state index contributed by atoms with van der Waals surface area (Å²) >= 11 is 0. The number of hydrazine groups is 1. The Bertz CT molecular complexity index is 584. The molecule has 7 heteroatoms. The first kappa shape index (κ1) is 15.3. The Balaban J connectivity index is 2.33. The molecule has 112 valence electrons. The SMILES string of the molecule is NNC(c1ccc(OC(F)F)cc1)c1c(F)cccc1F. The Morgan fingerprint density at radius 1 is 0.952 bits per heavy atom. The minimum atomic E-state index is -2.94. The monoisotopic (exact) mass is 300 g/mol. The molecule has 0 saturated carbocycles. The van der Waals surface area contributed by atoms with Crippen LogP contribution in [0.5, 0.6) is 5.75 Å². The number of nitrogens with one attached hydrogen (secondary N) is 1. The molecule has 3 nitrogen and oxygen atoms in total. The van der Waals surface area contributed by atoms with Crippen LogP contribution < -0.4 is 16.0 Å². The minimum Gasteiger partial charge on any atom is -0.435 e. The molecule has 0 aliphatic carbocycles. The van der Waals surface area contributed by atoms with E-state index in [4.69, 9.17) is 5.84 Å². The average Bonchev–Trinajstić information content (AvgIpc) is 2.44. The highest BCUT2D eigenvalue weighted by atomic mass is 19.3. The van der Waals surface area contributed by atoms with Gasteiger partial charge in [0.25, 0.3) is 0 Å². The minimum absolute atomic E-state index is 0.0569. The second-order valence-electron chi connectivity index (χ2n) is 4.18. The fraction of sp³-hybridized carbons (Fsp3) is 0.143. The van der Waals surface area contributed by atoms with Crippen LogP contribution in [0.4, 0.5) is 17.6 Å². The van der Waals surface area contributed by atoms with E-state index in [1.165, 1.54) is 30.3 Å². The zero-order chi connectivity index (χ0) is 15.4. The molecular formula is C14H12F4N2O. The van der Waals surface area contributed by atoms with E-state index < -0.39 is 24.3 Å². The van der Waals surface area contributed by atoms with Crippen molar-refractivity contribution in [1.29, 1.82) is 0 Å². The van der Waals surface area contributed by atoms with E-state index in [0.29, 0.717) is 5.56 Å². The number of ether oxygens (including phenoxy) is 1. The van der Waals surface area contributed by atoms with Crippen molar-refractivity contribution < 1.29 is 22.3 Å². The van der Waals surface area contributed by atoms with Crippen molar-refractivity contribution in [3.05, 3.63) is 65.2 Å². The molecule has 2 aromatic carbocycles. The molecule has 1 atom stereocenters. The van der Waals surface area contributed by atoms with Crippen molar-refractivity contribution in [2.75, 3.05) is 0 Å². The lowest BCUT2D eigenvalue weighted by Gasteiger charge is -2.18. The summed E-state index contributed by atoms with van der Waals surface area (Å²) in [7, 11) is 0. The van der Waals surface area contributed by atoms with Gasteiger partial charge in [-0.05, 0) is 29.8 Å². The Morgan fingerprint density at radius 3 is 2.00 bits per heavy atom. The van der Waals surface area contributed by atoms with Crippen LogP contribution in [0, 0.1) is 11.6 Å². The van der Waals surface area contributed by atoms with Crippen LogP contribution in [0.15, 0.2) is 42.5 Å². The highest BCUT2D eigenvalue weighted by Crippen LogP contribution is 2.27. The van der Waals surface area contributed by atoms with Gasteiger partial charge in [0.2, 0.25) is 0 Å². The van der Waals surface area contributed by atoms with Crippen molar-refractivity contribution >= 4 is 0 Å². The lowest BCUT2D eigenvalue weighted by atomic mass is 9.98. The van der Waals surface area contributed by atoms with Crippen LogP contribution in [-0.4, -0.2) is 6.61 Å². The van der Waals surface area contributed by atoms with E-state index in [0.717, 1.165) is 12.1 Å². The summed E-state index contributed by atoms with van der Waals surface area (Å²) in [6.07, 6.45) is 0. The summed E-state index contributed by atoms with van der Waals surface area (Å²) in [4.78, 5) is 0. The normalized spacial score (nSPS) is 12.5. The van der Waals surface area contributed by atoms with Crippen molar-refractivity contribution in [2.45, 2.75) is 12.7 Å². The Labute approximate surface area is 118 Å². The first-order valence-corrected chi connectivity index (χ1v) is 5.97. The Morgan fingerprint density at radius 2 is 1.52 bits per heavy atom. The zero-order valence-corrected chi connectivity index (χ0v) is 10.7. The van der Waals surface area contributed by atoms with Gasteiger partial charge < -0.3 is 4.74 Å². The highest BCUT2D eigenvalue weighted by Gasteiger charge is 2.20. The Hall–Kier alpha value is -2.12. The molecule has 0 spiro atoms. The van der Waals surface area contributed by atoms with Gasteiger partial charge in [-0.25, -0.2) is 14.2 Å². The standard InChI is InChI=1S/C14H12F4N2O/c15-10-2-1-3-11(16)12(10)13(20-19)8-4-6-9(7-5-8)21-14(17)18/h1-7,13-14,20H,19H2. The molecule has 1 unspecified atom stereocenters. The molecule has 2 rings (SSSR count). The maximum absolute atomic E-state index is 13.8. The molecule has 3 N–H and O–H groups in total. The van der Waals surface area contributed by atoms with Gasteiger partial charge in [-0.1, -0.05) is 18.2 Å². The molecule has 0 saturated heterocycles. The molecule has 0 aliphatic rings. The summed E-state index contributed by atoms with van der Waals surface area (Å²) in [5.41, 5.74) is 2.47. The van der Waals surface area contributed by atoms with Gasteiger partial charge in [0, 0.05) is 5.56 Å². The van der Waals surface area contributed by atoms with Gasteiger partial charge in [-0.2, -0.15) is 8.78 Å². The third-order valence-corrected chi connectivity index (χ3v) is 2.89. The van der Waals surface area contributed by atoms with Crippen molar-refractivity contribution in [3.63, 3.8) is 0 Å². The quantitative estimate of drug-likeness (QED) is 0.507. The smallest absolute Gasteiger partial charge is 0.387 e. The molecule has 0 heterocycles. The third kappa shape index (κ3) is 3.50. The summed E-state index contributed by atoms with van der Waals surface area (Å²) in [6, 6.07) is 7.83. The summed E-state index contributed by atoms with van der Waals surface area (Å²) < 4.78 is 55.9. The van der Waals surface area contributed by atoms with Crippen LogP contribution in [0.25, 0.3) is 0 Å². The van der Waals surface area contributed by atoms with Gasteiger partial charge in [0.1, 0.15) is 17.4 Å². The van der Waals surface area contributed by atoms with Crippen LogP contribution >= 0.6 is 0 Å². The van der Waals surface area contributed by atoms with E-state index in [2.05, 4.69) is 10.2 Å². The van der Waals surface area contributed by atoms with Crippen molar-refractivity contribution in [3.8, 4) is 5.75 Å². The highest BCUT2D eigenvalue weighted by molar-refractivity contribution is 5.36. The molecule has 0 aliphatic heterocycles. The van der Waals surface area contributed by atoms with Crippen LogP contribution in [0.1, 0.15) is 17.2 Å². The van der Waals surface area contributed by atoms with Crippen molar-refractivity contribution in [1.82, 2.24) is 5.43 Å². The molecule has 0 aromatic heterocycles.